The average Bonchev–Trinajstić information content (AvgIpc) is 2.43. The van der Waals surface area contributed by atoms with Gasteiger partial charge in [0.05, 0.1) is 0 Å². The number of piperazine rings is 1. The Kier molecular flexibility index (Phi) is 4.27. The lowest BCUT2D eigenvalue weighted by molar-refractivity contribution is -0.135. The Labute approximate surface area is 112 Å². The molecule has 0 radical (unpaired) electrons. The van der Waals surface area contributed by atoms with Gasteiger partial charge in [-0.15, -0.1) is 0 Å². The summed E-state index contributed by atoms with van der Waals surface area (Å²) >= 11 is 0. The molecule has 1 fully saturated rings. The maximum Gasteiger partial charge on any atom is 0.225 e. The molecule has 1 aliphatic rings. The zero-order valence-electron chi connectivity index (χ0n) is 11.1. The average molecular weight is 264 g/mol. The normalized spacial score (nSPS) is 17.2. The van der Waals surface area contributed by atoms with Crippen molar-refractivity contribution in [1.29, 1.82) is 0 Å². The number of benzene rings is 1. The standard InChI is InChI=1S/C14H20N2O3/c1-10(14(19)16-6-4-15-5-7-16)8-11-2-3-12(17)13(18)9-11/h2-3,9-10,15,17-18H,4-8H2,1H3. The van der Waals surface area contributed by atoms with Crippen LogP contribution in [-0.4, -0.2) is 47.2 Å². The van der Waals surface area contributed by atoms with E-state index >= 15 is 0 Å². The van der Waals surface area contributed by atoms with Crippen molar-refractivity contribution >= 4 is 5.91 Å². The quantitative estimate of drug-likeness (QED) is 0.703. The van der Waals surface area contributed by atoms with Crippen molar-refractivity contribution in [2.75, 3.05) is 26.2 Å². The number of phenols is 2. The van der Waals surface area contributed by atoms with E-state index in [1.807, 2.05) is 11.8 Å². The van der Waals surface area contributed by atoms with Crippen molar-refractivity contribution in [2.24, 2.45) is 5.92 Å². The summed E-state index contributed by atoms with van der Waals surface area (Å²) in [5.74, 6) is -0.250. The number of nitrogens with one attached hydrogen (secondary N) is 1. The molecule has 19 heavy (non-hydrogen) atoms. The molecule has 1 heterocycles. The molecule has 0 spiro atoms. The maximum absolute atomic E-state index is 12.2. The van der Waals surface area contributed by atoms with Gasteiger partial charge < -0.3 is 20.4 Å². The van der Waals surface area contributed by atoms with Crippen LogP contribution in [-0.2, 0) is 11.2 Å². The molecule has 5 nitrogen and oxygen atoms in total. The molecule has 5 heteroatoms. The first-order valence-corrected chi connectivity index (χ1v) is 6.58. The van der Waals surface area contributed by atoms with E-state index in [0.29, 0.717) is 6.42 Å². The van der Waals surface area contributed by atoms with Crippen molar-refractivity contribution in [3.05, 3.63) is 23.8 Å². The summed E-state index contributed by atoms with van der Waals surface area (Å²) in [6, 6.07) is 4.69. The number of hydrogen-bond donors (Lipinski definition) is 3. The highest BCUT2D eigenvalue weighted by Crippen LogP contribution is 2.26. The van der Waals surface area contributed by atoms with E-state index in [1.54, 1.807) is 6.07 Å². The number of hydrogen-bond acceptors (Lipinski definition) is 4. The van der Waals surface area contributed by atoms with E-state index in [4.69, 9.17) is 0 Å². The summed E-state index contributed by atoms with van der Waals surface area (Å²) < 4.78 is 0. The van der Waals surface area contributed by atoms with Gasteiger partial charge in [-0.2, -0.15) is 0 Å². The lowest BCUT2D eigenvalue weighted by atomic mass is 9.99. The SMILES string of the molecule is CC(Cc1ccc(O)c(O)c1)C(=O)N1CCNCC1. The van der Waals surface area contributed by atoms with Crippen LogP contribution in [0, 0.1) is 5.92 Å². The summed E-state index contributed by atoms with van der Waals surface area (Å²) in [6.45, 7) is 5.10. The highest BCUT2D eigenvalue weighted by molar-refractivity contribution is 5.79. The molecule has 1 saturated heterocycles. The lowest BCUT2D eigenvalue weighted by Gasteiger charge is -2.29. The predicted octanol–water partition coefficient (Wildman–Crippen LogP) is 0.708. The molecule has 3 N–H and O–H groups in total. The molecule has 1 unspecified atom stereocenters. The van der Waals surface area contributed by atoms with Crippen LogP contribution in [0.2, 0.25) is 0 Å². The van der Waals surface area contributed by atoms with Gasteiger partial charge in [-0.05, 0) is 24.1 Å². The lowest BCUT2D eigenvalue weighted by Crippen LogP contribution is -2.48. The Morgan fingerprint density at radius 3 is 2.63 bits per heavy atom. The van der Waals surface area contributed by atoms with E-state index in [2.05, 4.69) is 5.32 Å². The van der Waals surface area contributed by atoms with Gasteiger partial charge in [0.2, 0.25) is 5.91 Å². The summed E-state index contributed by atoms with van der Waals surface area (Å²) in [4.78, 5) is 14.1. The fourth-order valence-electron chi connectivity index (χ4n) is 2.33. The molecule has 104 valence electrons. The third kappa shape index (κ3) is 3.38. The van der Waals surface area contributed by atoms with Gasteiger partial charge in [-0.1, -0.05) is 13.0 Å². The van der Waals surface area contributed by atoms with Gasteiger partial charge in [0.1, 0.15) is 0 Å². The van der Waals surface area contributed by atoms with Crippen molar-refractivity contribution in [1.82, 2.24) is 10.2 Å². The summed E-state index contributed by atoms with van der Waals surface area (Å²) in [6.07, 6.45) is 0.566. The molecule has 2 rings (SSSR count). The molecule has 0 bridgehead atoms. The second-order valence-electron chi connectivity index (χ2n) is 5.00. The number of nitrogens with zero attached hydrogens (tertiary/aromatic N) is 1. The van der Waals surface area contributed by atoms with Crippen LogP contribution in [0.25, 0.3) is 0 Å². The third-order valence-electron chi connectivity index (χ3n) is 3.43. The first kappa shape index (κ1) is 13.7. The minimum Gasteiger partial charge on any atom is -0.504 e. The van der Waals surface area contributed by atoms with Gasteiger partial charge in [0, 0.05) is 32.1 Å². The number of phenolic OH excluding ortho intramolecular Hbond substituents is 2. The Morgan fingerprint density at radius 2 is 2.00 bits per heavy atom. The fourth-order valence-corrected chi connectivity index (χ4v) is 2.33. The Morgan fingerprint density at radius 1 is 1.32 bits per heavy atom. The number of carbonyl (C=O) groups excluding carboxylic acids is 1. The molecule has 1 aromatic rings. The van der Waals surface area contributed by atoms with Crippen molar-refractivity contribution in [2.45, 2.75) is 13.3 Å². The van der Waals surface area contributed by atoms with Gasteiger partial charge in [-0.3, -0.25) is 4.79 Å². The zero-order valence-corrected chi connectivity index (χ0v) is 11.1. The number of amides is 1. The fraction of sp³-hybridized carbons (Fsp3) is 0.500. The Balaban J connectivity index is 1.97. The molecule has 0 aliphatic carbocycles. The summed E-state index contributed by atoms with van der Waals surface area (Å²) in [5.41, 5.74) is 0.853. The molecule has 1 atom stereocenters. The monoisotopic (exact) mass is 264 g/mol. The van der Waals surface area contributed by atoms with Gasteiger partial charge >= 0.3 is 0 Å². The molecule has 1 amide bonds. The molecular weight excluding hydrogens is 244 g/mol. The first-order chi connectivity index (χ1) is 9.08. The van der Waals surface area contributed by atoms with Crippen molar-refractivity contribution < 1.29 is 15.0 Å². The van der Waals surface area contributed by atoms with Crippen LogP contribution in [0.4, 0.5) is 0 Å². The molecular formula is C14H20N2O3. The van der Waals surface area contributed by atoms with Crippen LogP contribution in [0.3, 0.4) is 0 Å². The Hall–Kier alpha value is -1.75. The highest BCUT2D eigenvalue weighted by Gasteiger charge is 2.22. The van der Waals surface area contributed by atoms with Crippen molar-refractivity contribution in [3.63, 3.8) is 0 Å². The van der Waals surface area contributed by atoms with Gasteiger partial charge in [0.25, 0.3) is 0 Å². The number of rotatable bonds is 3. The van der Waals surface area contributed by atoms with Crippen LogP contribution in [0.15, 0.2) is 18.2 Å². The van der Waals surface area contributed by atoms with E-state index < -0.39 is 0 Å². The second-order valence-corrected chi connectivity index (χ2v) is 5.00. The van der Waals surface area contributed by atoms with Crippen molar-refractivity contribution in [3.8, 4) is 11.5 Å². The number of aromatic hydroxyl groups is 2. The van der Waals surface area contributed by atoms with E-state index in [0.717, 1.165) is 31.7 Å². The Bertz CT molecular complexity index is 456. The third-order valence-corrected chi connectivity index (χ3v) is 3.43. The minimum atomic E-state index is -0.140. The second kappa shape index (κ2) is 5.93. The van der Waals surface area contributed by atoms with Crippen LogP contribution in [0.5, 0.6) is 11.5 Å². The topological polar surface area (TPSA) is 72.8 Å². The van der Waals surface area contributed by atoms with Gasteiger partial charge in [0.15, 0.2) is 11.5 Å². The summed E-state index contributed by atoms with van der Waals surface area (Å²) in [5, 5.41) is 21.9. The zero-order chi connectivity index (χ0) is 13.8. The van der Waals surface area contributed by atoms with E-state index in [-0.39, 0.29) is 23.3 Å². The van der Waals surface area contributed by atoms with Crippen LogP contribution >= 0.6 is 0 Å². The smallest absolute Gasteiger partial charge is 0.225 e. The first-order valence-electron chi connectivity index (χ1n) is 6.58. The largest absolute Gasteiger partial charge is 0.504 e. The minimum absolute atomic E-state index is 0.123. The van der Waals surface area contributed by atoms with Crippen LogP contribution < -0.4 is 5.32 Å². The summed E-state index contributed by atoms with van der Waals surface area (Å²) in [7, 11) is 0. The van der Waals surface area contributed by atoms with E-state index in [9.17, 15) is 15.0 Å². The predicted molar refractivity (Wildman–Crippen MR) is 72.1 cm³/mol. The molecule has 1 aromatic carbocycles. The molecule has 0 aromatic heterocycles. The number of carbonyl (C=O) groups is 1. The van der Waals surface area contributed by atoms with Gasteiger partial charge in [-0.25, -0.2) is 0 Å². The molecule has 1 aliphatic heterocycles. The molecule has 0 saturated carbocycles. The highest BCUT2D eigenvalue weighted by atomic mass is 16.3. The van der Waals surface area contributed by atoms with Crippen LogP contribution in [0.1, 0.15) is 12.5 Å². The van der Waals surface area contributed by atoms with E-state index in [1.165, 1.54) is 12.1 Å². The maximum atomic E-state index is 12.2.